The fourth-order valence-electron chi connectivity index (χ4n) is 2.83. The van der Waals surface area contributed by atoms with E-state index < -0.39 is 15.8 Å². The number of sulfonamides is 1. The molecule has 2 aromatic carbocycles. The number of halogens is 1. The summed E-state index contributed by atoms with van der Waals surface area (Å²) in [5.74, 6) is -0.225. The number of aryl methyl sites for hydroxylation is 1. The first-order valence-corrected chi connectivity index (χ1v) is 9.26. The lowest BCUT2D eigenvalue weighted by atomic mass is 10.2. The summed E-state index contributed by atoms with van der Waals surface area (Å²) in [5.41, 5.74) is 1.40. The molecular formula is C18H14FN3O3S. The molecule has 132 valence electrons. The van der Waals surface area contributed by atoms with E-state index in [0.717, 1.165) is 4.31 Å². The zero-order valence-electron chi connectivity index (χ0n) is 13.8. The molecule has 3 aromatic rings. The van der Waals surface area contributed by atoms with Gasteiger partial charge in [-0.15, -0.1) is 0 Å². The highest BCUT2D eigenvalue weighted by Gasteiger charge is 2.34. The Kier molecular flexibility index (Phi) is 3.84. The number of nitrogens with zero attached hydrogens (tertiary/aromatic N) is 3. The van der Waals surface area contributed by atoms with E-state index in [0.29, 0.717) is 11.3 Å². The second-order valence-electron chi connectivity index (χ2n) is 5.81. The van der Waals surface area contributed by atoms with Crippen LogP contribution in [0.15, 0.2) is 59.8 Å². The molecule has 0 radical (unpaired) electrons. The number of anilines is 1. The zero-order chi connectivity index (χ0) is 18.3. The Hall–Kier alpha value is -3.00. The van der Waals surface area contributed by atoms with Crippen molar-refractivity contribution in [1.82, 2.24) is 9.97 Å². The molecule has 1 aliphatic heterocycles. The molecule has 8 heteroatoms. The topological polar surface area (TPSA) is 72.4 Å². The highest BCUT2D eigenvalue weighted by Crippen LogP contribution is 2.36. The van der Waals surface area contributed by atoms with Crippen LogP contribution >= 0.6 is 0 Å². The van der Waals surface area contributed by atoms with Crippen molar-refractivity contribution in [2.45, 2.75) is 18.4 Å². The van der Waals surface area contributed by atoms with Crippen molar-refractivity contribution in [1.29, 1.82) is 0 Å². The predicted octanol–water partition coefficient (Wildman–Crippen LogP) is 3.43. The molecule has 6 nitrogen and oxygen atoms in total. The number of hydrogen-bond acceptors (Lipinski definition) is 5. The second-order valence-corrected chi connectivity index (χ2v) is 7.64. The molecule has 0 atom stereocenters. The summed E-state index contributed by atoms with van der Waals surface area (Å²) < 4.78 is 46.4. The summed E-state index contributed by atoms with van der Waals surface area (Å²) in [6.07, 6.45) is 2.98. The number of rotatable bonds is 3. The van der Waals surface area contributed by atoms with Gasteiger partial charge in [-0.1, -0.05) is 18.2 Å². The molecule has 0 saturated heterocycles. The summed E-state index contributed by atoms with van der Waals surface area (Å²) in [6.45, 7) is 1.86. The molecule has 0 saturated carbocycles. The zero-order valence-corrected chi connectivity index (χ0v) is 14.6. The van der Waals surface area contributed by atoms with Gasteiger partial charge in [-0.2, -0.15) is 0 Å². The number of ether oxygens (including phenoxy) is 1. The average molecular weight is 371 g/mol. The lowest BCUT2D eigenvalue weighted by Gasteiger charge is -2.18. The maximum Gasteiger partial charge on any atom is 0.264 e. The van der Waals surface area contributed by atoms with Crippen molar-refractivity contribution in [3.05, 3.63) is 71.9 Å². The van der Waals surface area contributed by atoms with Gasteiger partial charge in [-0.05, 0) is 24.6 Å². The maximum absolute atomic E-state index is 14.1. The lowest BCUT2D eigenvalue weighted by Crippen LogP contribution is -2.23. The smallest absolute Gasteiger partial charge is 0.264 e. The first-order valence-electron chi connectivity index (χ1n) is 7.82. The van der Waals surface area contributed by atoms with Crippen LogP contribution in [-0.4, -0.2) is 18.4 Å². The summed E-state index contributed by atoms with van der Waals surface area (Å²) in [7, 11) is -3.73. The third-order valence-corrected chi connectivity index (χ3v) is 5.92. The highest BCUT2D eigenvalue weighted by atomic mass is 32.2. The normalized spacial score (nSPS) is 14.9. The van der Waals surface area contributed by atoms with Crippen LogP contribution in [0.5, 0.6) is 11.6 Å². The molecular weight excluding hydrogens is 357 g/mol. The van der Waals surface area contributed by atoms with Crippen LogP contribution in [0.4, 0.5) is 10.1 Å². The standard InChI is InChI=1S/C18H14FN3O3S/c1-12-18(21-7-6-20-12)25-16-9-14(19)8-15(10-16)22-11-13-4-2-3-5-17(13)26(22,23)24/h2-10H,11H2,1H3. The average Bonchev–Trinajstić information content (AvgIpc) is 2.88. The third-order valence-electron chi connectivity index (χ3n) is 4.05. The van der Waals surface area contributed by atoms with Gasteiger partial charge >= 0.3 is 0 Å². The van der Waals surface area contributed by atoms with Crippen molar-refractivity contribution >= 4 is 15.7 Å². The quantitative estimate of drug-likeness (QED) is 0.705. The Labute approximate surface area is 150 Å². The number of fused-ring (bicyclic) bond motifs is 1. The number of benzene rings is 2. The molecule has 0 spiro atoms. The van der Waals surface area contributed by atoms with E-state index in [2.05, 4.69) is 9.97 Å². The van der Waals surface area contributed by atoms with Crippen LogP contribution in [0, 0.1) is 12.7 Å². The predicted molar refractivity (Wildman–Crippen MR) is 93.1 cm³/mol. The van der Waals surface area contributed by atoms with E-state index in [1.165, 1.54) is 30.6 Å². The summed E-state index contributed by atoms with van der Waals surface area (Å²) in [5, 5.41) is 0. The summed E-state index contributed by atoms with van der Waals surface area (Å²) in [6, 6.07) is 10.5. The van der Waals surface area contributed by atoms with Crippen LogP contribution < -0.4 is 9.04 Å². The Bertz CT molecular complexity index is 1100. The van der Waals surface area contributed by atoms with Crippen molar-refractivity contribution in [3.63, 3.8) is 0 Å². The van der Waals surface area contributed by atoms with Crippen LogP contribution in [0.2, 0.25) is 0 Å². The van der Waals surface area contributed by atoms with Gasteiger partial charge in [0.25, 0.3) is 10.0 Å². The SMILES string of the molecule is Cc1nccnc1Oc1cc(F)cc(N2Cc3ccccc3S2(=O)=O)c1. The Morgan fingerprint density at radius 1 is 1.12 bits per heavy atom. The van der Waals surface area contributed by atoms with Gasteiger partial charge in [0.1, 0.15) is 11.6 Å². The van der Waals surface area contributed by atoms with Gasteiger partial charge in [0.2, 0.25) is 5.88 Å². The Balaban J connectivity index is 1.73. The molecule has 0 aliphatic carbocycles. The summed E-state index contributed by atoms with van der Waals surface area (Å²) >= 11 is 0. The molecule has 0 fully saturated rings. The van der Waals surface area contributed by atoms with Gasteiger partial charge in [0, 0.05) is 24.5 Å². The molecule has 0 unspecified atom stereocenters. The first kappa shape index (κ1) is 16.5. The maximum atomic E-state index is 14.1. The minimum Gasteiger partial charge on any atom is -0.437 e. The largest absolute Gasteiger partial charge is 0.437 e. The minimum atomic E-state index is -3.73. The van der Waals surface area contributed by atoms with Crippen molar-refractivity contribution < 1.29 is 17.5 Å². The van der Waals surface area contributed by atoms with Crippen LogP contribution in [0.1, 0.15) is 11.3 Å². The van der Waals surface area contributed by atoms with E-state index in [1.807, 2.05) is 0 Å². The molecule has 0 bridgehead atoms. The number of aromatic nitrogens is 2. The molecule has 2 heterocycles. The van der Waals surface area contributed by atoms with E-state index in [4.69, 9.17) is 4.74 Å². The molecule has 4 rings (SSSR count). The first-order chi connectivity index (χ1) is 12.4. The Morgan fingerprint density at radius 3 is 2.65 bits per heavy atom. The number of hydrogen-bond donors (Lipinski definition) is 0. The molecule has 0 N–H and O–H groups in total. The van der Waals surface area contributed by atoms with Gasteiger partial charge in [0.05, 0.1) is 22.8 Å². The second kappa shape index (κ2) is 6.06. The van der Waals surface area contributed by atoms with E-state index >= 15 is 0 Å². The Morgan fingerprint density at radius 2 is 1.88 bits per heavy atom. The van der Waals surface area contributed by atoms with Gasteiger partial charge in [-0.3, -0.25) is 9.29 Å². The van der Waals surface area contributed by atoms with E-state index in [1.54, 1.807) is 31.2 Å². The molecule has 1 aromatic heterocycles. The van der Waals surface area contributed by atoms with Crippen molar-refractivity contribution in [3.8, 4) is 11.6 Å². The van der Waals surface area contributed by atoms with Gasteiger partial charge in [0.15, 0.2) is 0 Å². The minimum absolute atomic E-state index is 0.144. The monoisotopic (exact) mass is 371 g/mol. The van der Waals surface area contributed by atoms with Crippen LogP contribution in [-0.2, 0) is 16.6 Å². The fraction of sp³-hybridized carbons (Fsp3) is 0.111. The highest BCUT2D eigenvalue weighted by molar-refractivity contribution is 7.93. The van der Waals surface area contributed by atoms with Crippen molar-refractivity contribution in [2.24, 2.45) is 0 Å². The molecule has 0 amide bonds. The molecule has 26 heavy (non-hydrogen) atoms. The van der Waals surface area contributed by atoms with Gasteiger partial charge in [-0.25, -0.2) is 17.8 Å². The summed E-state index contributed by atoms with van der Waals surface area (Å²) in [4.78, 5) is 8.35. The third kappa shape index (κ3) is 2.78. The molecule has 1 aliphatic rings. The lowest BCUT2D eigenvalue weighted by molar-refractivity contribution is 0.451. The van der Waals surface area contributed by atoms with Crippen LogP contribution in [0.25, 0.3) is 0 Å². The fourth-order valence-corrected chi connectivity index (χ4v) is 4.48. The van der Waals surface area contributed by atoms with E-state index in [-0.39, 0.29) is 28.8 Å². The van der Waals surface area contributed by atoms with Gasteiger partial charge < -0.3 is 4.74 Å². The van der Waals surface area contributed by atoms with Crippen molar-refractivity contribution in [2.75, 3.05) is 4.31 Å². The van der Waals surface area contributed by atoms with E-state index in [9.17, 15) is 12.8 Å². The van der Waals surface area contributed by atoms with Crippen LogP contribution in [0.3, 0.4) is 0 Å².